The van der Waals surface area contributed by atoms with Crippen LogP contribution in [0.5, 0.6) is 0 Å². The lowest BCUT2D eigenvalue weighted by molar-refractivity contribution is -0.167. The van der Waals surface area contributed by atoms with Gasteiger partial charge in [0.05, 0.1) is 0 Å². The van der Waals surface area contributed by atoms with Gasteiger partial charge in [0.15, 0.2) is 6.10 Å². The summed E-state index contributed by atoms with van der Waals surface area (Å²) >= 11 is 0. The number of unbranched alkanes of at least 4 members (excludes halogenated alkanes) is 14. The molecule has 0 aromatic carbocycles. The van der Waals surface area contributed by atoms with Gasteiger partial charge < -0.3 is 14.2 Å². The zero-order valence-electron chi connectivity index (χ0n) is 35.4. The first-order valence-electron chi connectivity index (χ1n) is 22.1. The summed E-state index contributed by atoms with van der Waals surface area (Å²) in [6, 6.07) is 0. The highest BCUT2D eigenvalue weighted by Crippen LogP contribution is 2.12. The van der Waals surface area contributed by atoms with Crippen LogP contribution in [0.2, 0.25) is 0 Å². The summed E-state index contributed by atoms with van der Waals surface area (Å²) in [7, 11) is 0. The largest absolute Gasteiger partial charge is 0.462 e. The van der Waals surface area contributed by atoms with Crippen LogP contribution >= 0.6 is 0 Å². The Hall–Kier alpha value is -3.41. The predicted molar refractivity (Wildman–Crippen MR) is 233 cm³/mol. The van der Waals surface area contributed by atoms with Crippen LogP contribution in [-0.2, 0) is 28.6 Å². The number of carbonyl (C=O) groups excluding carboxylic acids is 3. The van der Waals surface area contributed by atoms with Crippen LogP contribution in [0.3, 0.4) is 0 Å². The number of rotatable bonds is 38. The van der Waals surface area contributed by atoms with E-state index in [0.717, 1.165) is 103 Å². The molecule has 0 radical (unpaired) electrons. The molecule has 312 valence electrons. The Morgan fingerprint density at radius 2 is 0.764 bits per heavy atom. The average Bonchev–Trinajstić information content (AvgIpc) is 3.18. The Bertz CT molecular complexity index is 1110. The summed E-state index contributed by atoms with van der Waals surface area (Å²) < 4.78 is 16.6. The molecule has 0 heterocycles. The number of carbonyl (C=O) groups is 3. The van der Waals surface area contributed by atoms with Gasteiger partial charge >= 0.3 is 17.9 Å². The number of ether oxygens (including phenoxy) is 3. The Balaban J connectivity index is 4.49. The van der Waals surface area contributed by atoms with Crippen molar-refractivity contribution in [1.29, 1.82) is 0 Å². The fourth-order valence-electron chi connectivity index (χ4n) is 5.59. The fraction of sp³-hybridized carbons (Fsp3) is 0.653. The monoisotopic (exact) mass is 765 g/mol. The molecule has 0 aliphatic carbocycles. The van der Waals surface area contributed by atoms with E-state index in [0.29, 0.717) is 19.3 Å². The third kappa shape index (κ3) is 41.6. The van der Waals surface area contributed by atoms with Crippen molar-refractivity contribution in [2.75, 3.05) is 13.2 Å². The third-order valence-electron chi connectivity index (χ3n) is 8.89. The van der Waals surface area contributed by atoms with Gasteiger partial charge in [0.1, 0.15) is 13.2 Å². The third-order valence-corrected chi connectivity index (χ3v) is 8.89. The minimum atomic E-state index is -0.808. The van der Waals surface area contributed by atoms with Gasteiger partial charge in [0.25, 0.3) is 0 Å². The second-order valence-electron chi connectivity index (χ2n) is 14.2. The number of hydrogen-bond acceptors (Lipinski definition) is 6. The molecule has 55 heavy (non-hydrogen) atoms. The number of allylic oxidation sites excluding steroid dienone is 14. The van der Waals surface area contributed by atoms with Crippen LogP contribution in [0.4, 0.5) is 0 Å². The van der Waals surface area contributed by atoms with E-state index < -0.39 is 6.10 Å². The molecule has 0 fully saturated rings. The van der Waals surface area contributed by atoms with Gasteiger partial charge in [-0.3, -0.25) is 14.4 Å². The molecule has 0 bridgehead atoms. The highest BCUT2D eigenvalue weighted by molar-refractivity contribution is 5.71. The van der Waals surface area contributed by atoms with Crippen molar-refractivity contribution in [3.05, 3.63) is 85.1 Å². The van der Waals surface area contributed by atoms with Crippen LogP contribution < -0.4 is 0 Å². The molecule has 0 rings (SSSR count). The van der Waals surface area contributed by atoms with Gasteiger partial charge in [-0.25, -0.2) is 0 Å². The lowest BCUT2D eigenvalue weighted by Gasteiger charge is -2.18. The van der Waals surface area contributed by atoms with Crippen molar-refractivity contribution in [1.82, 2.24) is 0 Å². The van der Waals surface area contributed by atoms with Crippen molar-refractivity contribution in [3.63, 3.8) is 0 Å². The highest BCUT2D eigenvalue weighted by Gasteiger charge is 2.19. The minimum Gasteiger partial charge on any atom is -0.462 e. The van der Waals surface area contributed by atoms with E-state index in [1.54, 1.807) is 0 Å². The van der Waals surface area contributed by atoms with Crippen LogP contribution in [0.15, 0.2) is 85.1 Å². The van der Waals surface area contributed by atoms with E-state index in [4.69, 9.17) is 14.2 Å². The van der Waals surface area contributed by atoms with E-state index in [1.807, 2.05) is 0 Å². The molecule has 6 heteroatoms. The van der Waals surface area contributed by atoms with Gasteiger partial charge in [0.2, 0.25) is 0 Å². The van der Waals surface area contributed by atoms with Crippen LogP contribution in [0.1, 0.15) is 188 Å². The lowest BCUT2D eigenvalue weighted by Crippen LogP contribution is -2.30. The molecule has 0 spiro atoms. The molecule has 0 aliphatic heterocycles. The molecule has 0 saturated heterocycles. The number of hydrogen-bond donors (Lipinski definition) is 0. The van der Waals surface area contributed by atoms with Gasteiger partial charge in [0, 0.05) is 19.3 Å². The molecule has 0 amide bonds. The quantitative estimate of drug-likeness (QED) is 0.0205. The molecule has 0 saturated carbocycles. The average molecular weight is 765 g/mol. The lowest BCUT2D eigenvalue weighted by atomic mass is 10.1. The molecule has 0 aliphatic rings. The Labute approximate surface area is 337 Å². The van der Waals surface area contributed by atoms with Crippen LogP contribution in [-0.4, -0.2) is 37.2 Å². The van der Waals surface area contributed by atoms with E-state index in [1.165, 1.54) is 38.5 Å². The standard InChI is InChI=1S/C49H80O6/c1-4-7-10-13-16-19-22-24-25-28-30-33-36-39-42-48(51)54-45-46(44-53-47(50)41-38-35-32-29-26-21-18-15-12-9-6-3)55-49(52)43-40-37-34-31-27-23-20-17-14-11-8-5-2/h7-8,10-11,15-21,26-27,31,46H,4-6,9,12-14,22-25,28-30,32-45H2,1-3H3/b10-7-,11-8-,18-15-,19-16-,20-17-,26-21-,31-27-. The van der Waals surface area contributed by atoms with Crippen molar-refractivity contribution in [2.45, 2.75) is 194 Å². The summed E-state index contributed by atoms with van der Waals surface area (Å²) in [5.74, 6) is -0.993. The zero-order valence-corrected chi connectivity index (χ0v) is 35.4. The maximum Gasteiger partial charge on any atom is 0.306 e. The van der Waals surface area contributed by atoms with Crippen molar-refractivity contribution in [2.24, 2.45) is 0 Å². The van der Waals surface area contributed by atoms with Crippen molar-refractivity contribution >= 4 is 17.9 Å². The normalized spacial score (nSPS) is 12.9. The smallest absolute Gasteiger partial charge is 0.306 e. The maximum atomic E-state index is 12.7. The van der Waals surface area contributed by atoms with E-state index in [2.05, 4.69) is 106 Å². The summed E-state index contributed by atoms with van der Waals surface area (Å²) in [6.07, 6.45) is 54.3. The summed E-state index contributed by atoms with van der Waals surface area (Å²) in [6.45, 7) is 6.27. The fourth-order valence-corrected chi connectivity index (χ4v) is 5.59. The second-order valence-corrected chi connectivity index (χ2v) is 14.2. The Morgan fingerprint density at radius 1 is 0.400 bits per heavy atom. The van der Waals surface area contributed by atoms with E-state index in [9.17, 15) is 14.4 Å². The summed E-state index contributed by atoms with van der Waals surface area (Å²) in [4.78, 5) is 37.7. The topological polar surface area (TPSA) is 78.9 Å². The molecule has 0 aromatic heterocycles. The van der Waals surface area contributed by atoms with Gasteiger partial charge in [-0.15, -0.1) is 0 Å². The minimum absolute atomic E-state index is 0.106. The molecule has 0 N–H and O–H groups in total. The second kappa shape index (κ2) is 43.3. The van der Waals surface area contributed by atoms with Crippen LogP contribution in [0.25, 0.3) is 0 Å². The molecular formula is C49H80O6. The molecule has 1 atom stereocenters. The first-order chi connectivity index (χ1) is 27.0. The predicted octanol–water partition coefficient (Wildman–Crippen LogP) is 14.1. The summed E-state index contributed by atoms with van der Waals surface area (Å²) in [5.41, 5.74) is 0. The molecule has 0 aromatic rings. The molecular weight excluding hydrogens is 685 g/mol. The SMILES string of the molecule is CC/C=C\C/C=C\C/C=C\CCCCC(=O)OC(COC(=O)CCCCC/C=C\C=C/CCCC)COC(=O)CCCCCCCCC/C=C\C/C=C\CC. The van der Waals surface area contributed by atoms with Crippen LogP contribution in [0, 0.1) is 0 Å². The number of esters is 3. The summed E-state index contributed by atoms with van der Waals surface area (Å²) in [5, 5.41) is 0. The Morgan fingerprint density at radius 3 is 1.27 bits per heavy atom. The first kappa shape index (κ1) is 51.6. The van der Waals surface area contributed by atoms with E-state index in [-0.39, 0.29) is 37.5 Å². The molecule has 6 nitrogen and oxygen atoms in total. The van der Waals surface area contributed by atoms with E-state index >= 15 is 0 Å². The van der Waals surface area contributed by atoms with Crippen molar-refractivity contribution < 1.29 is 28.6 Å². The first-order valence-corrected chi connectivity index (χ1v) is 22.1. The maximum absolute atomic E-state index is 12.7. The molecule has 1 unspecified atom stereocenters. The van der Waals surface area contributed by atoms with Gasteiger partial charge in [-0.1, -0.05) is 157 Å². The zero-order chi connectivity index (χ0) is 40.1. The van der Waals surface area contributed by atoms with Crippen molar-refractivity contribution in [3.8, 4) is 0 Å². The Kier molecular flexibility index (Phi) is 40.6. The highest BCUT2D eigenvalue weighted by atomic mass is 16.6. The van der Waals surface area contributed by atoms with Gasteiger partial charge in [-0.05, 0) is 96.3 Å². The van der Waals surface area contributed by atoms with Gasteiger partial charge in [-0.2, -0.15) is 0 Å².